The third kappa shape index (κ3) is 2.94. The van der Waals surface area contributed by atoms with Gasteiger partial charge in [0.05, 0.1) is 6.42 Å². The van der Waals surface area contributed by atoms with Crippen molar-refractivity contribution in [1.29, 1.82) is 0 Å². The summed E-state index contributed by atoms with van der Waals surface area (Å²) >= 11 is 0. The minimum Gasteiger partial charge on any atom is -0.326 e. The van der Waals surface area contributed by atoms with Gasteiger partial charge in [0.25, 0.3) is 5.91 Å². The van der Waals surface area contributed by atoms with Crippen molar-refractivity contribution in [3.63, 3.8) is 0 Å². The molecular weight excluding hydrogens is 260 g/mol. The highest BCUT2D eigenvalue weighted by atomic mass is 16.2. The lowest BCUT2D eigenvalue weighted by molar-refractivity contribution is -0.137. The molecule has 0 spiro atoms. The maximum atomic E-state index is 11.8. The summed E-state index contributed by atoms with van der Waals surface area (Å²) in [4.78, 5) is 35.7. The van der Waals surface area contributed by atoms with Crippen LogP contribution in [0.3, 0.4) is 0 Å². The van der Waals surface area contributed by atoms with Gasteiger partial charge in [-0.05, 0) is 17.7 Å². The van der Waals surface area contributed by atoms with Crippen LogP contribution >= 0.6 is 0 Å². The summed E-state index contributed by atoms with van der Waals surface area (Å²) in [5.74, 6) is -0.698. The average molecular weight is 276 g/mol. The summed E-state index contributed by atoms with van der Waals surface area (Å²) < 4.78 is 0. The Morgan fingerprint density at radius 2 is 2.00 bits per heavy atom. The van der Waals surface area contributed by atoms with E-state index in [0.29, 0.717) is 12.2 Å². The van der Waals surface area contributed by atoms with Crippen molar-refractivity contribution in [2.75, 3.05) is 12.4 Å². The predicted molar refractivity (Wildman–Crippen MR) is 72.7 cm³/mol. The van der Waals surface area contributed by atoms with E-state index in [-0.39, 0.29) is 12.3 Å². The van der Waals surface area contributed by atoms with Gasteiger partial charge < -0.3 is 16.4 Å². The largest absolute Gasteiger partial charge is 0.326 e. The van der Waals surface area contributed by atoms with E-state index in [4.69, 9.17) is 5.73 Å². The Bertz CT molecular complexity index is 541. The topological polar surface area (TPSA) is 105 Å². The molecule has 0 radical (unpaired) electrons. The molecule has 1 aliphatic heterocycles. The Morgan fingerprint density at radius 1 is 1.35 bits per heavy atom. The maximum absolute atomic E-state index is 11.8. The van der Waals surface area contributed by atoms with Crippen LogP contribution in [0.5, 0.6) is 0 Å². The third-order valence-electron chi connectivity index (χ3n) is 3.13. The number of hydrogen-bond donors (Lipinski definition) is 3. The van der Waals surface area contributed by atoms with E-state index in [1.165, 1.54) is 7.05 Å². The Labute approximate surface area is 116 Å². The Morgan fingerprint density at radius 3 is 2.50 bits per heavy atom. The van der Waals surface area contributed by atoms with Crippen molar-refractivity contribution in [1.82, 2.24) is 10.2 Å². The first-order valence-corrected chi connectivity index (χ1v) is 6.18. The molecule has 1 aliphatic rings. The van der Waals surface area contributed by atoms with Gasteiger partial charge in [-0.3, -0.25) is 14.5 Å². The standard InChI is InChI=1S/C13H16N4O3/c1-17-11(18)6-10(12(17)19)16-13(20)15-9-4-2-8(7-14)3-5-9/h2-5,10H,6-7,14H2,1H3,(H2,15,16,20). The van der Waals surface area contributed by atoms with Gasteiger partial charge in [-0.15, -0.1) is 0 Å². The first-order valence-electron chi connectivity index (χ1n) is 6.18. The lowest BCUT2D eigenvalue weighted by Crippen LogP contribution is -2.42. The summed E-state index contributed by atoms with van der Waals surface area (Å²) in [7, 11) is 1.40. The van der Waals surface area contributed by atoms with Crippen LogP contribution in [-0.4, -0.2) is 35.8 Å². The smallest absolute Gasteiger partial charge is 0.319 e. The second-order valence-corrected chi connectivity index (χ2v) is 4.55. The minimum atomic E-state index is -0.796. The number of nitrogens with one attached hydrogen (secondary N) is 2. The van der Waals surface area contributed by atoms with Gasteiger partial charge in [-0.25, -0.2) is 4.79 Å². The highest BCUT2D eigenvalue weighted by Crippen LogP contribution is 2.12. The van der Waals surface area contributed by atoms with E-state index in [2.05, 4.69) is 10.6 Å². The molecule has 1 atom stereocenters. The molecule has 7 nitrogen and oxygen atoms in total. The number of hydrogen-bond acceptors (Lipinski definition) is 4. The predicted octanol–water partition coefficient (Wildman–Crippen LogP) is 0.0241. The van der Waals surface area contributed by atoms with E-state index >= 15 is 0 Å². The SMILES string of the molecule is CN1C(=O)CC(NC(=O)Nc2ccc(CN)cc2)C1=O. The van der Waals surface area contributed by atoms with Crippen LogP contribution in [-0.2, 0) is 16.1 Å². The lowest BCUT2D eigenvalue weighted by atomic mass is 10.2. The second kappa shape index (κ2) is 5.70. The van der Waals surface area contributed by atoms with Gasteiger partial charge in [-0.2, -0.15) is 0 Å². The molecule has 106 valence electrons. The summed E-state index contributed by atoms with van der Waals surface area (Å²) in [5.41, 5.74) is 7.02. The molecule has 0 aliphatic carbocycles. The van der Waals surface area contributed by atoms with Crippen molar-refractivity contribution in [2.24, 2.45) is 5.73 Å². The highest BCUT2D eigenvalue weighted by molar-refractivity contribution is 6.07. The summed E-state index contributed by atoms with van der Waals surface area (Å²) in [6.45, 7) is 0.428. The van der Waals surface area contributed by atoms with Gasteiger partial charge in [0.1, 0.15) is 6.04 Å². The van der Waals surface area contributed by atoms with Gasteiger partial charge in [0, 0.05) is 19.3 Å². The van der Waals surface area contributed by atoms with Crippen LogP contribution in [0.2, 0.25) is 0 Å². The number of imide groups is 1. The van der Waals surface area contributed by atoms with E-state index < -0.39 is 18.0 Å². The monoisotopic (exact) mass is 276 g/mol. The van der Waals surface area contributed by atoms with E-state index in [1.54, 1.807) is 24.3 Å². The molecule has 1 aromatic carbocycles. The zero-order valence-corrected chi connectivity index (χ0v) is 11.1. The third-order valence-corrected chi connectivity index (χ3v) is 3.13. The number of nitrogens with zero attached hydrogens (tertiary/aromatic N) is 1. The Hall–Kier alpha value is -2.41. The molecular formula is C13H16N4O3. The van der Waals surface area contributed by atoms with Crippen molar-refractivity contribution in [3.05, 3.63) is 29.8 Å². The zero-order chi connectivity index (χ0) is 14.7. The number of likely N-dealkylation sites (tertiary alicyclic amines) is 1. The van der Waals surface area contributed by atoms with E-state index in [1.807, 2.05) is 0 Å². The Kier molecular flexibility index (Phi) is 3.99. The molecule has 7 heteroatoms. The molecule has 1 unspecified atom stereocenters. The number of amides is 4. The molecule has 2 rings (SSSR count). The molecule has 1 saturated heterocycles. The zero-order valence-electron chi connectivity index (χ0n) is 11.1. The van der Waals surface area contributed by atoms with Crippen molar-refractivity contribution >= 4 is 23.5 Å². The van der Waals surface area contributed by atoms with Crippen LogP contribution < -0.4 is 16.4 Å². The average Bonchev–Trinajstić information content (AvgIpc) is 2.67. The normalized spacial score (nSPS) is 18.3. The van der Waals surface area contributed by atoms with E-state index in [9.17, 15) is 14.4 Å². The quantitative estimate of drug-likeness (QED) is 0.677. The van der Waals surface area contributed by atoms with Crippen molar-refractivity contribution < 1.29 is 14.4 Å². The van der Waals surface area contributed by atoms with Crippen LogP contribution in [0.25, 0.3) is 0 Å². The minimum absolute atomic E-state index is 0.00509. The molecule has 4 amide bonds. The number of benzene rings is 1. The molecule has 1 aromatic rings. The molecule has 1 heterocycles. The number of nitrogens with two attached hydrogens (primary N) is 1. The Balaban J connectivity index is 1.92. The van der Waals surface area contributed by atoms with Crippen LogP contribution in [0, 0.1) is 0 Å². The highest BCUT2D eigenvalue weighted by Gasteiger charge is 2.36. The van der Waals surface area contributed by atoms with Gasteiger partial charge in [0.15, 0.2) is 0 Å². The van der Waals surface area contributed by atoms with Crippen LogP contribution in [0.1, 0.15) is 12.0 Å². The second-order valence-electron chi connectivity index (χ2n) is 4.55. The summed E-state index contributed by atoms with van der Waals surface area (Å²) in [5, 5.41) is 5.08. The first kappa shape index (κ1) is 14.0. The molecule has 0 bridgehead atoms. The summed E-state index contributed by atoms with van der Waals surface area (Å²) in [6.07, 6.45) is -0.00509. The van der Waals surface area contributed by atoms with Crippen LogP contribution in [0.15, 0.2) is 24.3 Å². The van der Waals surface area contributed by atoms with Crippen molar-refractivity contribution in [3.8, 4) is 0 Å². The fourth-order valence-corrected chi connectivity index (χ4v) is 1.92. The number of carbonyl (C=O) groups excluding carboxylic acids is 3. The number of likely N-dealkylation sites (N-methyl/N-ethyl adjacent to an activating group) is 1. The maximum Gasteiger partial charge on any atom is 0.319 e. The van der Waals surface area contributed by atoms with Gasteiger partial charge in [0.2, 0.25) is 5.91 Å². The lowest BCUT2D eigenvalue weighted by Gasteiger charge is -2.12. The van der Waals surface area contributed by atoms with Gasteiger partial charge in [-0.1, -0.05) is 12.1 Å². The number of carbonyl (C=O) groups is 3. The number of anilines is 1. The molecule has 1 fully saturated rings. The first-order chi connectivity index (χ1) is 9.51. The number of urea groups is 1. The fraction of sp³-hybridized carbons (Fsp3) is 0.308. The van der Waals surface area contributed by atoms with Gasteiger partial charge >= 0.3 is 6.03 Å². The fourth-order valence-electron chi connectivity index (χ4n) is 1.92. The molecule has 20 heavy (non-hydrogen) atoms. The molecule has 0 aromatic heterocycles. The van der Waals surface area contributed by atoms with E-state index in [0.717, 1.165) is 10.5 Å². The van der Waals surface area contributed by atoms with Crippen LogP contribution in [0.4, 0.5) is 10.5 Å². The van der Waals surface area contributed by atoms with Crippen molar-refractivity contribution in [2.45, 2.75) is 19.0 Å². The number of rotatable bonds is 3. The molecule has 4 N–H and O–H groups in total. The molecule has 0 saturated carbocycles. The summed E-state index contributed by atoms with van der Waals surface area (Å²) in [6, 6.07) is 5.72.